The molecule has 1 aliphatic carbocycles. The molecule has 1 heterocycles. The van der Waals surface area contributed by atoms with Gasteiger partial charge in [-0.3, -0.25) is 11.3 Å². The fourth-order valence-electron chi connectivity index (χ4n) is 2.59. The van der Waals surface area contributed by atoms with Crippen molar-refractivity contribution in [3.05, 3.63) is 16.1 Å². The largest absolute Gasteiger partial charge is 0.443 e. The van der Waals surface area contributed by atoms with Crippen molar-refractivity contribution in [1.82, 2.24) is 10.4 Å². The molecule has 7 heteroatoms. The lowest BCUT2D eigenvalue weighted by Crippen LogP contribution is -2.27. The highest BCUT2D eigenvalue weighted by molar-refractivity contribution is 7.11. The monoisotopic (exact) mass is 293 g/mol. The predicted molar refractivity (Wildman–Crippen MR) is 68.4 cm³/mol. The summed E-state index contributed by atoms with van der Waals surface area (Å²) < 4.78 is 37.5. The van der Waals surface area contributed by atoms with Crippen LogP contribution in [0.25, 0.3) is 0 Å². The van der Waals surface area contributed by atoms with Crippen molar-refractivity contribution >= 4 is 11.3 Å². The van der Waals surface area contributed by atoms with Gasteiger partial charge in [0.25, 0.3) is 0 Å². The number of hydrazine groups is 1. The number of nitrogens with two attached hydrogens (primary N) is 1. The van der Waals surface area contributed by atoms with Gasteiger partial charge in [0.1, 0.15) is 0 Å². The van der Waals surface area contributed by atoms with Gasteiger partial charge in [-0.05, 0) is 18.8 Å². The fraction of sp³-hybridized carbons (Fsp3) is 0.750. The van der Waals surface area contributed by atoms with E-state index in [0.29, 0.717) is 22.1 Å². The standard InChI is InChI=1S/C12H18F3N3S/c13-12(14,15)11-17-7-10(19-11)9(18-16)6-5-8-3-1-2-4-8/h7-9,18H,1-6,16H2. The molecule has 1 aliphatic rings. The van der Waals surface area contributed by atoms with E-state index in [-0.39, 0.29) is 6.04 Å². The maximum atomic E-state index is 12.5. The molecule has 1 aromatic rings. The molecular weight excluding hydrogens is 275 g/mol. The zero-order valence-corrected chi connectivity index (χ0v) is 11.4. The number of nitrogens with zero attached hydrogens (tertiary/aromatic N) is 1. The Morgan fingerprint density at radius 1 is 1.42 bits per heavy atom. The minimum atomic E-state index is -4.37. The van der Waals surface area contributed by atoms with Crippen LogP contribution in [0.2, 0.25) is 0 Å². The Kier molecular flexibility index (Phi) is 4.81. The van der Waals surface area contributed by atoms with Gasteiger partial charge in [0.15, 0.2) is 5.01 Å². The number of halogens is 3. The van der Waals surface area contributed by atoms with Crippen LogP contribution in [-0.4, -0.2) is 4.98 Å². The van der Waals surface area contributed by atoms with E-state index in [4.69, 9.17) is 5.84 Å². The van der Waals surface area contributed by atoms with Gasteiger partial charge in [-0.15, -0.1) is 11.3 Å². The molecule has 2 rings (SSSR count). The Morgan fingerprint density at radius 3 is 2.63 bits per heavy atom. The molecule has 1 fully saturated rings. The first kappa shape index (κ1) is 14.7. The van der Waals surface area contributed by atoms with Crippen LogP contribution in [0.4, 0.5) is 13.2 Å². The summed E-state index contributed by atoms with van der Waals surface area (Å²) in [6.45, 7) is 0. The zero-order valence-electron chi connectivity index (χ0n) is 10.5. The summed E-state index contributed by atoms with van der Waals surface area (Å²) >= 11 is 0.676. The van der Waals surface area contributed by atoms with Crippen LogP contribution in [0.5, 0.6) is 0 Å². The molecule has 0 bridgehead atoms. The molecule has 0 aliphatic heterocycles. The Morgan fingerprint density at radius 2 is 2.11 bits per heavy atom. The number of thiazole rings is 1. The van der Waals surface area contributed by atoms with Crippen LogP contribution in [-0.2, 0) is 6.18 Å². The van der Waals surface area contributed by atoms with E-state index >= 15 is 0 Å². The second-order valence-corrected chi connectivity index (χ2v) is 6.07. The van der Waals surface area contributed by atoms with Gasteiger partial charge >= 0.3 is 6.18 Å². The number of rotatable bonds is 5. The number of hydrogen-bond acceptors (Lipinski definition) is 4. The molecule has 1 atom stereocenters. The van der Waals surface area contributed by atoms with E-state index in [0.717, 1.165) is 12.8 Å². The lowest BCUT2D eigenvalue weighted by Gasteiger charge is -2.16. The fourth-order valence-corrected chi connectivity index (χ4v) is 3.47. The number of aromatic nitrogens is 1. The van der Waals surface area contributed by atoms with Crippen LogP contribution < -0.4 is 11.3 Å². The van der Waals surface area contributed by atoms with Crippen LogP contribution in [0.1, 0.15) is 54.5 Å². The highest BCUT2D eigenvalue weighted by Crippen LogP contribution is 2.36. The summed E-state index contributed by atoms with van der Waals surface area (Å²) in [6, 6.07) is -0.228. The van der Waals surface area contributed by atoms with Crippen molar-refractivity contribution in [2.45, 2.75) is 50.7 Å². The van der Waals surface area contributed by atoms with Crippen LogP contribution >= 0.6 is 11.3 Å². The zero-order chi connectivity index (χ0) is 13.9. The molecule has 19 heavy (non-hydrogen) atoms. The Hall–Kier alpha value is -0.660. The molecule has 3 N–H and O–H groups in total. The van der Waals surface area contributed by atoms with Gasteiger partial charge in [0.2, 0.25) is 0 Å². The molecule has 0 saturated heterocycles. The van der Waals surface area contributed by atoms with E-state index in [2.05, 4.69) is 10.4 Å². The molecule has 0 aromatic carbocycles. The molecule has 108 valence electrons. The third kappa shape index (κ3) is 3.90. The third-order valence-corrected chi connectivity index (χ3v) is 4.80. The molecule has 0 spiro atoms. The number of hydrogen-bond donors (Lipinski definition) is 2. The van der Waals surface area contributed by atoms with Gasteiger partial charge in [-0.1, -0.05) is 25.7 Å². The molecule has 1 aromatic heterocycles. The van der Waals surface area contributed by atoms with Gasteiger partial charge in [0, 0.05) is 11.1 Å². The topological polar surface area (TPSA) is 50.9 Å². The number of alkyl halides is 3. The summed E-state index contributed by atoms with van der Waals surface area (Å²) in [5.41, 5.74) is 2.61. The van der Waals surface area contributed by atoms with Gasteiger partial charge in [-0.2, -0.15) is 13.2 Å². The van der Waals surface area contributed by atoms with E-state index in [1.807, 2.05) is 0 Å². The molecular formula is C12H18F3N3S. The summed E-state index contributed by atoms with van der Waals surface area (Å²) in [7, 11) is 0. The van der Waals surface area contributed by atoms with Crippen LogP contribution in [0, 0.1) is 5.92 Å². The molecule has 1 saturated carbocycles. The van der Waals surface area contributed by atoms with Crippen LogP contribution in [0.3, 0.4) is 0 Å². The Bertz CT molecular complexity index is 399. The SMILES string of the molecule is NNC(CCC1CCCC1)c1cnc(C(F)(F)F)s1. The summed E-state index contributed by atoms with van der Waals surface area (Å²) in [5.74, 6) is 6.16. The van der Waals surface area contributed by atoms with Gasteiger partial charge < -0.3 is 0 Å². The van der Waals surface area contributed by atoms with Crippen molar-refractivity contribution in [3.63, 3.8) is 0 Å². The van der Waals surface area contributed by atoms with Crippen LogP contribution in [0.15, 0.2) is 6.20 Å². The van der Waals surface area contributed by atoms with Crippen molar-refractivity contribution in [3.8, 4) is 0 Å². The number of nitrogens with one attached hydrogen (secondary N) is 1. The molecule has 0 amide bonds. The summed E-state index contributed by atoms with van der Waals surface area (Å²) in [6.07, 6.45) is 3.69. The van der Waals surface area contributed by atoms with Crippen molar-refractivity contribution in [1.29, 1.82) is 0 Å². The van der Waals surface area contributed by atoms with E-state index in [1.54, 1.807) is 0 Å². The average Bonchev–Trinajstić information content (AvgIpc) is 2.98. The Labute approximate surface area is 114 Å². The molecule has 1 unspecified atom stereocenters. The quantitative estimate of drug-likeness (QED) is 0.644. The highest BCUT2D eigenvalue weighted by atomic mass is 32.1. The van der Waals surface area contributed by atoms with E-state index < -0.39 is 11.2 Å². The Balaban J connectivity index is 1.94. The smallest absolute Gasteiger partial charge is 0.271 e. The maximum absolute atomic E-state index is 12.5. The molecule has 3 nitrogen and oxygen atoms in total. The minimum Gasteiger partial charge on any atom is -0.271 e. The van der Waals surface area contributed by atoms with Crippen molar-refractivity contribution in [2.24, 2.45) is 11.8 Å². The third-order valence-electron chi connectivity index (χ3n) is 3.65. The predicted octanol–water partition coefficient (Wildman–Crippen LogP) is 3.64. The van der Waals surface area contributed by atoms with Crippen molar-refractivity contribution < 1.29 is 13.2 Å². The van der Waals surface area contributed by atoms with Gasteiger partial charge in [0.05, 0.1) is 6.04 Å². The van der Waals surface area contributed by atoms with E-state index in [9.17, 15) is 13.2 Å². The first-order chi connectivity index (χ1) is 9.00. The normalized spacial score (nSPS) is 18.9. The van der Waals surface area contributed by atoms with Gasteiger partial charge in [-0.25, -0.2) is 4.98 Å². The highest BCUT2D eigenvalue weighted by Gasteiger charge is 2.35. The minimum absolute atomic E-state index is 0.228. The summed E-state index contributed by atoms with van der Waals surface area (Å²) in [4.78, 5) is 4.00. The second-order valence-electron chi connectivity index (χ2n) is 5.01. The molecule has 0 radical (unpaired) electrons. The summed E-state index contributed by atoms with van der Waals surface area (Å²) in [5, 5.41) is -0.802. The average molecular weight is 293 g/mol. The lowest BCUT2D eigenvalue weighted by molar-refractivity contribution is -0.137. The maximum Gasteiger partial charge on any atom is 0.443 e. The van der Waals surface area contributed by atoms with Crippen molar-refractivity contribution in [2.75, 3.05) is 0 Å². The van der Waals surface area contributed by atoms with E-state index in [1.165, 1.54) is 31.9 Å². The first-order valence-electron chi connectivity index (χ1n) is 6.49. The first-order valence-corrected chi connectivity index (χ1v) is 7.31. The second kappa shape index (κ2) is 6.19. The lowest BCUT2D eigenvalue weighted by atomic mass is 9.98.